The van der Waals surface area contributed by atoms with Gasteiger partial charge in [0.2, 0.25) is 0 Å². The molecule has 35 heavy (non-hydrogen) atoms. The number of halogens is 3. The van der Waals surface area contributed by atoms with Crippen LogP contribution in [0.4, 0.5) is 24.5 Å². The van der Waals surface area contributed by atoms with E-state index < -0.39 is 41.6 Å². The topological polar surface area (TPSA) is 127 Å². The fourth-order valence-electron chi connectivity index (χ4n) is 3.47. The Morgan fingerprint density at radius 1 is 0.886 bits per heavy atom. The molecule has 2 aromatic rings. The number of amides is 2. The molecule has 0 fully saturated rings. The number of carbonyl (C=O) groups is 3. The molecule has 0 saturated heterocycles. The van der Waals surface area contributed by atoms with Crippen LogP contribution in [-0.2, 0) is 15.8 Å². The molecule has 0 saturated carbocycles. The molecular weight excluding hydrogens is 469 g/mol. The molecule has 0 radical (unpaired) electrons. The van der Waals surface area contributed by atoms with E-state index in [0.717, 1.165) is 28.2 Å². The molecule has 1 N–H and O–H groups in total. The van der Waals surface area contributed by atoms with Crippen molar-refractivity contribution in [3.8, 4) is 0 Å². The van der Waals surface area contributed by atoms with Gasteiger partial charge in [0, 0.05) is 0 Å². The number of carboxylic acid groups (broad SMARTS) is 1. The molecule has 2 aliphatic rings. The Morgan fingerprint density at radius 2 is 1.37 bits per heavy atom. The number of carboxylic acids is 1. The number of hydrazone groups is 2. The van der Waals surface area contributed by atoms with Gasteiger partial charge in [-0.25, -0.2) is 4.79 Å². The molecule has 180 valence electrons. The molecular formula is C22H17F3N6O4. The predicted octanol–water partition coefficient (Wildman–Crippen LogP) is 3.74. The summed E-state index contributed by atoms with van der Waals surface area (Å²) < 4.78 is 39.1. The molecule has 0 bridgehead atoms. The van der Waals surface area contributed by atoms with E-state index in [2.05, 4.69) is 20.4 Å². The summed E-state index contributed by atoms with van der Waals surface area (Å²) in [5, 5.41) is 27.0. The van der Waals surface area contributed by atoms with Crippen LogP contribution in [0.5, 0.6) is 0 Å². The first-order chi connectivity index (χ1) is 16.5. The average molecular weight is 486 g/mol. The van der Waals surface area contributed by atoms with Crippen molar-refractivity contribution in [2.24, 2.45) is 20.4 Å². The standard InChI is InChI=1S/C22H17F3N6O4/c1-11-17(19(32)30(28-11)15-7-3-5-13(9-15)21(34)35)26-27-18-12(2)29-31(20(18)33)16-8-4-6-14(10-16)22(23,24)25/h3-10,17-18H,1-2H3,(H,34,35). The van der Waals surface area contributed by atoms with Gasteiger partial charge in [-0.1, -0.05) is 12.1 Å². The van der Waals surface area contributed by atoms with E-state index >= 15 is 0 Å². The largest absolute Gasteiger partial charge is 0.478 e. The van der Waals surface area contributed by atoms with E-state index in [1.54, 1.807) is 0 Å². The molecule has 0 aliphatic carbocycles. The van der Waals surface area contributed by atoms with Crippen LogP contribution >= 0.6 is 0 Å². The van der Waals surface area contributed by atoms with Gasteiger partial charge >= 0.3 is 12.1 Å². The van der Waals surface area contributed by atoms with E-state index in [1.165, 1.54) is 44.2 Å². The van der Waals surface area contributed by atoms with Crippen molar-refractivity contribution in [3.63, 3.8) is 0 Å². The Kier molecular flexibility index (Phi) is 5.92. The summed E-state index contributed by atoms with van der Waals surface area (Å²) >= 11 is 0. The molecule has 10 nitrogen and oxygen atoms in total. The lowest BCUT2D eigenvalue weighted by molar-refractivity contribution is -0.137. The summed E-state index contributed by atoms with van der Waals surface area (Å²) in [6.07, 6.45) is -4.59. The van der Waals surface area contributed by atoms with Crippen LogP contribution in [0.2, 0.25) is 0 Å². The minimum atomic E-state index is -4.59. The fourth-order valence-corrected chi connectivity index (χ4v) is 3.47. The van der Waals surface area contributed by atoms with Crippen molar-refractivity contribution < 1.29 is 32.7 Å². The van der Waals surface area contributed by atoms with Gasteiger partial charge < -0.3 is 5.11 Å². The highest BCUT2D eigenvalue weighted by molar-refractivity contribution is 6.19. The summed E-state index contributed by atoms with van der Waals surface area (Å²) in [7, 11) is 0. The van der Waals surface area contributed by atoms with Crippen molar-refractivity contribution in [2.75, 3.05) is 10.0 Å². The highest BCUT2D eigenvalue weighted by atomic mass is 19.4. The van der Waals surface area contributed by atoms with Crippen LogP contribution in [0.25, 0.3) is 0 Å². The van der Waals surface area contributed by atoms with E-state index in [-0.39, 0.29) is 28.4 Å². The van der Waals surface area contributed by atoms with Gasteiger partial charge in [-0.15, -0.1) is 0 Å². The molecule has 2 unspecified atom stereocenters. The number of hydrogen-bond donors (Lipinski definition) is 1. The molecule has 0 aromatic heterocycles. The number of hydrogen-bond acceptors (Lipinski definition) is 7. The highest BCUT2D eigenvalue weighted by Crippen LogP contribution is 2.33. The van der Waals surface area contributed by atoms with Crippen LogP contribution in [0, 0.1) is 0 Å². The third-order valence-electron chi connectivity index (χ3n) is 5.25. The Bertz CT molecular complexity index is 1320. The summed E-state index contributed by atoms with van der Waals surface area (Å²) in [5.41, 5.74) is -0.391. The van der Waals surface area contributed by atoms with Crippen LogP contribution in [0.1, 0.15) is 29.8 Å². The maximum Gasteiger partial charge on any atom is 0.416 e. The van der Waals surface area contributed by atoms with Gasteiger partial charge in [0.15, 0.2) is 12.1 Å². The fraction of sp³-hybridized carbons (Fsp3) is 0.227. The Balaban J connectivity index is 1.53. The smallest absolute Gasteiger partial charge is 0.416 e. The monoisotopic (exact) mass is 486 g/mol. The number of nitrogens with zero attached hydrogens (tertiary/aromatic N) is 6. The van der Waals surface area contributed by atoms with Gasteiger partial charge in [-0.05, 0) is 50.2 Å². The van der Waals surface area contributed by atoms with Crippen LogP contribution < -0.4 is 10.0 Å². The Morgan fingerprint density at radius 3 is 1.86 bits per heavy atom. The van der Waals surface area contributed by atoms with Crippen LogP contribution in [0.15, 0.2) is 69.0 Å². The zero-order valence-corrected chi connectivity index (χ0v) is 18.3. The lowest BCUT2D eigenvalue weighted by atomic mass is 10.1. The lowest BCUT2D eigenvalue weighted by Crippen LogP contribution is -2.32. The molecule has 2 aliphatic heterocycles. The predicted molar refractivity (Wildman–Crippen MR) is 118 cm³/mol. The zero-order valence-electron chi connectivity index (χ0n) is 18.3. The van der Waals surface area contributed by atoms with Crippen LogP contribution in [0.3, 0.4) is 0 Å². The molecule has 2 heterocycles. The zero-order chi connectivity index (χ0) is 25.5. The maximum absolute atomic E-state index is 13.0. The van der Waals surface area contributed by atoms with Crippen molar-refractivity contribution in [3.05, 3.63) is 59.7 Å². The second-order valence-electron chi connectivity index (χ2n) is 7.72. The Labute approximate surface area is 196 Å². The Hall–Kier alpha value is -4.42. The molecule has 2 amide bonds. The number of alkyl halides is 3. The first-order valence-corrected chi connectivity index (χ1v) is 10.2. The van der Waals surface area contributed by atoms with E-state index in [0.29, 0.717) is 0 Å². The first-order valence-electron chi connectivity index (χ1n) is 10.2. The molecule has 0 spiro atoms. The maximum atomic E-state index is 13.0. The third kappa shape index (κ3) is 4.52. The van der Waals surface area contributed by atoms with E-state index in [4.69, 9.17) is 5.11 Å². The summed E-state index contributed by atoms with van der Waals surface area (Å²) in [4.78, 5) is 36.9. The van der Waals surface area contributed by atoms with E-state index in [1.807, 2.05) is 0 Å². The quantitative estimate of drug-likeness (QED) is 0.646. The highest BCUT2D eigenvalue weighted by Gasteiger charge is 2.39. The van der Waals surface area contributed by atoms with Crippen LogP contribution in [-0.4, -0.2) is 46.4 Å². The average Bonchev–Trinajstić information content (AvgIpc) is 3.26. The second-order valence-corrected chi connectivity index (χ2v) is 7.72. The molecule has 2 atom stereocenters. The summed E-state index contributed by atoms with van der Waals surface area (Å²) in [6, 6.07) is 7.38. The van der Waals surface area contributed by atoms with Gasteiger partial charge in [0.05, 0.1) is 33.9 Å². The molecule has 2 aromatic carbocycles. The first kappa shape index (κ1) is 23.7. The normalized spacial score (nSPS) is 20.6. The second kappa shape index (κ2) is 8.74. The number of azo groups is 1. The lowest BCUT2D eigenvalue weighted by Gasteiger charge is -2.15. The van der Waals surface area contributed by atoms with Crippen molar-refractivity contribution in [1.29, 1.82) is 0 Å². The number of aromatic carboxylic acids is 1. The van der Waals surface area contributed by atoms with Gasteiger partial charge in [0.25, 0.3) is 11.8 Å². The minimum Gasteiger partial charge on any atom is -0.478 e. The molecule has 13 heteroatoms. The third-order valence-corrected chi connectivity index (χ3v) is 5.25. The van der Waals surface area contributed by atoms with Gasteiger partial charge in [-0.2, -0.15) is 43.6 Å². The van der Waals surface area contributed by atoms with Crippen molar-refractivity contribution >= 4 is 40.6 Å². The van der Waals surface area contributed by atoms with E-state index in [9.17, 15) is 27.6 Å². The number of carbonyl (C=O) groups excluding carboxylic acids is 2. The number of benzene rings is 2. The van der Waals surface area contributed by atoms with Crippen molar-refractivity contribution in [1.82, 2.24) is 0 Å². The molecule has 4 rings (SSSR count). The van der Waals surface area contributed by atoms with Crippen molar-refractivity contribution in [2.45, 2.75) is 32.1 Å². The SMILES string of the molecule is CC1=NN(c2cccc(C(=O)O)c2)C(=O)C1N=NC1C(=O)N(c2cccc(C(F)(F)F)c2)N=C1C. The summed E-state index contributed by atoms with van der Waals surface area (Å²) in [6.45, 7) is 2.99. The number of anilines is 2. The van der Waals surface area contributed by atoms with Gasteiger partial charge in [0.1, 0.15) is 0 Å². The number of rotatable bonds is 5. The minimum absolute atomic E-state index is 0.0358. The summed E-state index contributed by atoms with van der Waals surface area (Å²) in [5.74, 6) is -2.50. The van der Waals surface area contributed by atoms with Gasteiger partial charge in [-0.3, -0.25) is 9.59 Å².